The molecule has 1 aromatic carbocycles. The summed E-state index contributed by atoms with van der Waals surface area (Å²) in [6.07, 6.45) is -0.861. The van der Waals surface area contributed by atoms with Crippen LogP contribution in [0.1, 0.15) is 29.7 Å². The van der Waals surface area contributed by atoms with Gasteiger partial charge in [-0.05, 0) is 30.4 Å². The first kappa shape index (κ1) is 21.5. The lowest BCUT2D eigenvalue weighted by Crippen LogP contribution is -2.54. The SMILES string of the molecule is C=C(C)OC(=O)NC(Cc1sccc1F)C(=O)N[C@]1(C(=O)O)CC1c1ccccc1. The number of benzene rings is 1. The highest BCUT2D eigenvalue weighted by Gasteiger charge is 2.62. The van der Waals surface area contributed by atoms with Crippen LogP contribution in [0.25, 0.3) is 0 Å². The topological polar surface area (TPSA) is 105 Å². The second-order valence-electron chi connectivity index (χ2n) is 7.12. The fourth-order valence-corrected chi connectivity index (χ4v) is 4.08. The Hall–Kier alpha value is -3.20. The van der Waals surface area contributed by atoms with Crippen LogP contribution in [0.3, 0.4) is 0 Å². The number of allylic oxidation sites excluding steroid dienone is 1. The number of aliphatic carboxylic acids is 1. The smallest absolute Gasteiger partial charge is 0.412 e. The Kier molecular flexibility index (Phi) is 6.21. The van der Waals surface area contributed by atoms with E-state index < -0.39 is 41.3 Å². The summed E-state index contributed by atoms with van der Waals surface area (Å²) < 4.78 is 18.7. The lowest BCUT2D eigenvalue weighted by atomic mass is 10.0. The van der Waals surface area contributed by atoms with E-state index in [9.17, 15) is 23.9 Å². The maximum atomic E-state index is 13.9. The number of nitrogens with one attached hydrogen (secondary N) is 2. The third-order valence-corrected chi connectivity index (χ3v) is 5.77. The van der Waals surface area contributed by atoms with Crippen LogP contribution in [-0.4, -0.2) is 34.7 Å². The minimum atomic E-state index is -1.48. The van der Waals surface area contributed by atoms with Gasteiger partial charge in [0.1, 0.15) is 17.4 Å². The second-order valence-corrected chi connectivity index (χ2v) is 8.12. The summed E-state index contributed by atoms with van der Waals surface area (Å²) >= 11 is 1.09. The molecule has 0 aliphatic heterocycles. The Morgan fingerprint density at radius 1 is 1.33 bits per heavy atom. The average Bonchev–Trinajstić information content (AvgIpc) is 3.28. The van der Waals surface area contributed by atoms with E-state index in [1.807, 2.05) is 6.07 Å². The van der Waals surface area contributed by atoms with Crippen molar-refractivity contribution in [2.45, 2.75) is 37.3 Å². The summed E-state index contributed by atoms with van der Waals surface area (Å²) in [6.45, 7) is 4.91. The highest BCUT2D eigenvalue weighted by molar-refractivity contribution is 7.09. The minimum absolute atomic E-state index is 0.113. The maximum absolute atomic E-state index is 13.9. The highest BCUT2D eigenvalue weighted by atomic mass is 32.1. The lowest BCUT2D eigenvalue weighted by molar-refractivity contribution is -0.143. The summed E-state index contributed by atoms with van der Waals surface area (Å²) in [5.41, 5.74) is -0.694. The molecule has 158 valence electrons. The molecule has 1 aliphatic rings. The maximum Gasteiger partial charge on any atom is 0.412 e. The van der Waals surface area contributed by atoms with Crippen LogP contribution in [0.5, 0.6) is 0 Å². The molecule has 0 spiro atoms. The number of hydrogen-bond acceptors (Lipinski definition) is 5. The van der Waals surface area contributed by atoms with Gasteiger partial charge in [0.2, 0.25) is 5.91 Å². The molecule has 30 heavy (non-hydrogen) atoms. The Bertz CT molecular complexity index is 977. The molecule has 1 aromatic heterocycles. The Balaban J connectivity index is 1.79. The number of carboxylic acid groups (broad SMARTS) is 1. The molecule has 1 saturated carbocycles. The average molecular weight is 432 g/mol. The van der Waals surface area contributed by atoms with Crippen molar-refractivity contribution < 1.29 is 28.6 Å². The molecule has 2 unspecified atom stereocenters. The molecule has 3 atom stereocenters. The van der Waals surface area contributed by atoms with E-state index in [0.717, 1.165) is 16.9 Å². The Morgan fingerprint density at radius 2 is 2.03 bits per heavy atom. The number of hydrogen-bond donors (Lipinski definition) is 3. The first-order chi connectivity index (χ1) is 14.2. The van der Waals surface area contributed by atoms with Crippen molar-refractivity contribution in [1.29, 1.82) is 0 Å². The zero-order chi connectivity index (χ0) is 21.9. The normalized spacial score (nSPS) is 20.7. The number of halogens is 1. The number of thiophene rings is 1. The predicted octanol–water partition coefficient (Wildman–Crippen LogP) is 3.19. The third kappa shape index (κ3) is 4.68. The van der Waals surface area contributed by atoms with Crippen molar-refractivity contribution in [3.05, 3.63) is 70.4 Å². The molecule has 0 radical (unpaired) electrons. The number of alkyl carbamates (subject to hydrolysis) is 1. The largest absolute Gasteiger partial charge is 0.479 e. The molecule has 1 fully saturated rings. The van der Waals surface area contributed by atoms with E-state index in [-0.39, 0.29) is 23.5 Å². The van der Waals surface area contributed by atoms with E-state index >= 15 is 0 Å². The summed E-state index contributed by atoms with van der Waals surface area (Å²) in [5, 5.41) is 16.2. The van der Waals surface area contributed by atoms with Gasteiger partial charge >= 0.3 is 12.1 Å². The summed E-state index contributed by atoms with van der Waals surface area (Å²) in [6, 6.07) is 9.02. The van der Waals surface area contributed by atoms with E-state index in [1.165, 1.54) is 18.4 Å². The van der Waals surface area contributed by atoms with Gasteiger partial charge in [-0.1, -0.05) is 36.9 Å². The molecule has 3 N–H and O–H groups in total. The second kappa shape index (κ2) is 8.66. The van der Waals surface area contributed by atoms with E-state index in [2.05, 4.69) is 17.2 Å². The number of carbonyl (C=O) groups is 3. The van der Waals surface area contributed by atoms with Crippen LogP contribution in [0.15, 0.2) is 54.1 Å². The highest BCUT2D eigenvalue weighted by Crippen LogP contribution is 2.51. The molecule has 2 amide bonds. The molecule has 0 saturated heterocycles. The molecule has 1 heterocycles. The van der Waals surface area contributed by atoms with Gasteiger partial charge in [-0.15, -0.1) is 11.3 Å². The summed E-state index contributed by atoms with van der Waals surface area (Å²) in [4.78, 5) is 37.2. The fourth-order valence-electron chi connectivity index (χ4n) is 3.28. The standard InChI is InChI=1S/C21H21FN2O5S/c1-12(2)29-20(28)23-16(10-17-15(22)8-9-30-17)18(25)24-21(19(26)27)11-14(21)13-6-4-3-5-7-13/h3-9,14,16H,1,10-11H2,2H3,(H,23,28)(H,24,25)(H,26,27)/t14?,16?,21-/m1/s1. The molecule has 0 bridgehead atoms. The van der Waals surface area contributed by atoms with E-state index in [0.29, 0.717) is 0 Å². The van der Waals surface area contributed by atoms with Crippen molar-refractivity contribution in [2.75, 3.05) is 0 Å². The van der Waals surface area contributed by atoms with Gasteiger partial charge in [0, 0.05) is 17.2 Å². The van der Waals surface area contributed by atoms with Crippen molar-refractivity contribution in [3.63, 3.8) is 0 Å². The van der Waals surface area contributed by atoms with Crippen molar-refractivity contribution in [3.8, 4) is 0 Å². The van der Waals surface area contributed by atoms with Gasteiger partial charge in [0.25, 0.3) is 0 Å². The van der Waals surface area contributed by atoms with Crippen LogP contribution in [0, 0.1) is 5.82 Å². The molecular weight excluding hydrogens is 411 g/mol. The van der Waals surface area contributed by atoms with E-state index in [1.54, 1.807) is 24.3 Å². The molecule has 2 aromatic rings. The van der Waals surface area contributed by atoms with Crippen LogP contribution >= 0.6 is 11.3 Å². The van der Waals surface area contributed by atoms with E-state index in [4.69, 9.17) is 4.74 Å². The monoisotopic (exact) mass is 432 g/mol. The third-order valence-electron chi connectivity index (χ3n) is 4.85. The van der Waals surface area contributed by atoms with Gasteiger partial charge in [-0.3, -0.25) is 4.79 Å². The zero-order valence-electron chi connectivity index (χ0n) is 16.2. The van der Waals surface area contributed by atoms with Gasteiger partial charge in [0.15, 0.2) is 0 Å². The lowest BCUT2D eigenvalue weighted by Gasteiger charge is -2.21. The van der Waals surface area contributed by atoms with Crippen molar-refractivity contribution in [2.24, 2.45) is 0 Å². The van der Waals surface area contributed by atoms with Crippen LogP contribution in [-0.2, 0) is 20.7 Å². The zero-order valence-corrected chi connectivity index (χ0v) is 17.0. The number of carboxylic acids is 1. The quantitative estimate of drug-likeness (QED) is 0.556. The first-order valence-corrected chi connectivity index (χ1v) is 10.1. The Morgan fingerprint density at radius 3 is 2.60 bits per heavy atom. The van der Waals surface area contributed by atoms with Crippen molar-refractivity contribution in [1.82, 2.24) is 10.6 Å². The molecular formula is C21H21FN2O5S. The van der Waals surface area contributed by atoms with Gasteiger partial charge < -0.3 is 20.5 Å². The predicted molar refractivity (Wildman–Crippen MR) is 109 cm³/mol. The van der Waals surface area contributed by atoms with Gasteiger partial charge in [-0.2, -0.15) is 0 Å². The first-order valence-electron chi connectivity index (χ1n) is 9.19. The number of ether oxygens (including phenoxy) is 1. The van der Waals surface area contributed by atoms with Crippen LogP contribution in [0.4, 0.5) is 9.18 Å². The summed E-state index contributed by atoms with van der Waals surface area (Å²) in [5.74, 6) is -2.70. The Labute approximate surface area is 176 Å². The van der Waals surface area contributed by atoms with Gasteiger partial charge in [-0.25, -0.2) is 14.0 Å². The minimum Gasteiger partial charge on any atom is -0.479 e. The molecule has 1 aliphatic carbocycles. The van der Waals surface area contributed by atoms with Crippen LogP contribution < -0.4 is 10.6 Å². The van der Waals surface area contributed by atoms with Crippen LogP contribution in [0.2, 0.25) is 0 Å². The fraction of sp³-hybridized carbons (Fsp3) is 0.286. The number of rotatable bonds is 8. The number of amides is 2. The molecule has 7 nitrogen and oxygen atoms in total. The number of carbonyl (C=O) groups excluding carboxylic acids is 2. The summed E-state index contributed by atoms with van der Waals surface area (Å²) in [7, 11) is 0. The van der Waals surface area contributed by atoms with Gasteiger partial charge in [0.05, 0.1) is 5.76 Å². The molecule has 9 heteroatoms. The van der Waals surface area contributed by atoms with Crippen molar-refractivity contribution >= 4 is 29.3 Å². The molecule has 3 rings (SSSR count).